The first kappa shape index (κ1) is 16.7. The van der Waals surface area contributed by atoms with Crippen LogP contribution < -0.4 is 5.32 Å². The van der Waals surface area contributed by atoms with E-state index in [4.69, 9.17) is 9.47 Å². The van der Waals surface area contributed by atoms with Crippen LogP contribution in [-0.2, 0) is 9.47 Å². The summed E-state index contributed by atoms with van der Waals surface area (Å²) in [5.41, 5.74) is 0. The largest absolute Gasteiger partial charge is 0.390 e. The van der Waals surface area contributed by atoms with Gasteiger partial charge in [-0.1, -0.05) is 33.1 Å². The predicted molar refractivity (Wildman–Crippen MR) is 85.7 cm³/mol. The zero-order chi connectivity index (χ0) is 15.5. The van der Waals surface area contributed by atoms with Crippen LogP contribution in [-0.4, -0.2) is 66.8 Å². The van der Waals surface area contributed by atoms with Gasteiger partial charge < -0.3 is 19.9 Å². The molecule has 2 N–H and O–H groups in total. The fourth-order valence-electron chi connectivity index (χ4n) is 4.38. The van der Waals surface area contributed by atoms with Gasteiger partial charge in [-0.2, -0.15) is 0 Å². The highest BCUT2D eigenvalue weighted by atomic mass is 16.7. The maximum absolute atomic E-state index is 10.9. The molecule has 0 aromatic carbocycles. The van der Waals surface area contributed by atoms with E-state index in [0.29, 0.717) is 6.61 Å². The van der Waals surface area contributed by atoms with Crippen molar-refractivity contribution in [1.29, 1.82) is 0 Å². The molecule has 5 nitrogen and oxygen atoms in total. The van der Waals surface area contributed by atoms with E-state index in [2.05, 4.69) is 24.1 Å². The molecule has 1 saturated carbocycles. The van der Waals surface area contributed by atoms with E-state index in [9.17, 15) is 5.11 Å². The van der Waals surface area contributed by atoms with Crippen molar-refractivity contribution in [2.24, 2.45) is 5.92 Å². The Bertz CT molecular complexity index is 343. The molecule has 0 amide bonds. The molecule has 3 aliphatic rings. The number of aliphatic hydroxyl groups excluding tert-OH is 1. The minimum atomic E-state index is -0.422. The van der Waals surface area contributed by atoms with Gasteiger partial charge in [-0.3, -0.25) is 4.90 Å². The van der Waals surface area contributed by atoms with Gasteiger partial charge in [0, 0.05) is 0 Å². The number of ether oxygens (including phenoxy) is 2. The molecule has 5 heteroatoms. The summed E-state index contributed by atoms with van der Waals surface area (Å²) in [6, 6.07) is -0.0658. The summed E-state index contributed by atoms with van der Waals surface area (Å²) in [5.74, 6) is 0.757. The van der Waals surface area contributed by atoms with E-state index in [0.717, 1.165) is 25.6 Å². The Morgan fingerprint density at radius 1 is 1.14 bits per heavy atom. The van der Waals surface area contributed by atoms with Crippen molar-refractivity contribution in [2.75, 3.05) is 26.2 Å². The Morgan fingerprint density at radius 3 is 2.55 bits per heavy atom. The van der Waals surface area contributed by atoms with Gasteiger partial charge in [0.05, 0.1) is 24.8 Å². The van der Waals surface area contributed by atoms with Crippen LogP contribution in [0, 0.1) is 5.92 Å². The zero-order valence-corrected chi connectivity index (χ0v) is 14.0. The number of nitrogens with one attached hydrogen (secondary N) is 1. The predicted octanol–water partition coefficient (Wildman–Crippen LogP) is 1.35. The van der Waals surface area contributed by atoms with Crippen LogP contribution >= 0.6 is 0 Å². The fraction of sp³-hybridized carbons (Fsp3) is 1.00. The van der Waals surface area contributed by atoms with Gasteiger partial charge in [0.2, 0.25) is 0 Å². The van der Waals surface area contributed by atoms with Gasteiger partial charge in [0.1, 0.15) is 6.10 Å². The monoisotopic (exact) mass is 312 g/mol. The third-order valence-electron chi connectivity index (χ3n) is 5.73. The summed E-state index contributed by atoms with van der Waals surface area (Å²) < 4.78 is 11.8. The first-order valence-electron chi connectivity index (χ1n) is 9.17. The highest BCUT2D eigenvalue weighted by molar-refractivity contribution is 5.01. The molecule has 2 aliphatic heterocycles. The van der Waals surface area contributed by atoms with Crippen molar-refractivity contribution in [3.63, 3.8) is 0 Å². The van der Waals surface area contributed by atoms with E-state index in [1.807, 2.05) is 0 Å². The maximum atomic E-state index is 10.9. The van der Waals surface area contributed by atoms with Crippen LogP contribution in [0.3, 0.4) is 0 Å². The Kier molecular flexibility index (Phi) is 5.74. The average Bonchev–Trinajstić information content (AvgIpc) is 2.97. The van der Waals surface area contributed by atoms with Crippen molar-refractivity contribution < 1.29 is 14.6 Å². The summed E-state index contributed by atoms with van der Waals surface area (Å²) in [5, 5.41) is 14.5. The number of fused-ring (bicyclic) bond motifs is 2. The van der Waals surface area contributed by atoms with Gasteiger partial charge in [-0.15, -0.1) is 0 Å². The molecule has 2 bridgehead atoms. The molecule has 3 fully saturated rings. The van der Waals surface area contributed by atoms with Crippen molar-refractivity contribution in [1.82, 2.24) is 10.2 Å². The van der Waals surface area contributed by atoms with Crippen LogP contribution in [0.4, 0.5) is 0 Å². The second-order valence-electron chi connectivity index (χ2n) is 7.02. The Morgan fingerprint density at radius 2 is 1.86 bits per heavy atom. The molecule has 0 aromatic rings. The van der Waals surface area contributed by atoms with Gasteiger partial charge in [-0.25, -0.2) is 0 Å². The van der Waals surface area contributed by atoms with E-state index < -0.39 is 6.10 Å². The second kappa shape index (κ2) is 7.58. The van der Waals surface area contributed by atoms with E-state index in [1.54, 1.807) is 0 Å². The molecule has 5 atom stereocenters. The van der Waals surface area contributed by atoms with Crippen molar-refractivity contribution in [3.05, 3.63) is 0 Å². The Balaban J connectivity index is 1.62. The van der Waals surface area contributed by atoms with Crippen LogP contribution in [0.5, 0.6) is 0 Å². The van der Waals surface area contributed by atoms with Crippen molar-refractivity contribution in [2.45, 2.75) is 76.5 Å². The molecule has 0 radical (unpaired) electrons. The molecular formula is C17H32N2O3. The summed E-state index contributed by atoms with van der Waals surface area (Å²) in [6.07, 6.45) is 6.03. The number of likely N-dealkylation sites (N-methyl/N-ethyl adjacent to an activating group) is 1. The second-order valence-corrected chi connectivity index (χ2v) is 7.02. The maximum Gasteiger partial charge on any atom is 0.176 e. The third-order valence-corrected chi connectivity index (χ3v) is 5.73. The zero-order valence-electron chi connectivity index (χ0n) is 14.0. The van der Waals surface area contributed by atoms with Gasteiger partial charge in [0.15, 0.2) is 6.29 Å². The number of hydrogen-bond donors (Lipinski definition) is 2. The van der Waals surface area contributed by atoms with E-state index >= 15 is 0 Å². The molecular weight excluding hydrogens is 280 g/mol. The molecule has 22 heavy (non-hydrogen) atoms. The van der Waals surface area contributed by atoms with Gasteiger partial charge in [0.25, 0.3) is 0 Å². The molecule has 128 valence electrons. The van der Waals surface area contributed by atoms with Crippen LogP contribution in [0.15, 0.2) is 0 Å². The van der Waals surface area contributed by atoms with Crippen molar-refractivity contribution >= 4 is 0 Å². The van der Waals surface area contributed by atoms with E-state index in [1.165, 1.54) is 32.1 Å². The highest BCUT2D eigenvalue weighted by Crippen LogP contribution is 2.32. The van der Waals surface area contributed by atoms with Gasteiger partial charge in [-0.05, 0) is 38.4 Å². The average molecular weight is 312 g/mol. The fourth-order valence-corrected chi connectivity index (χ4v) is 4.38. The lowest BCUT2D eigenvalue weighted by molar-refractivity contribution is -0.181. The lowest BCUT2D eigenvalue weighted by atomic mass is 9.88. The van der Waals surface area contributed by atoms with Crippen molar-refractivity contribution in [3.8, 4) is 0 Å². The molecule has 2 saturated heterocycles. The molecule has 5 unspecified atom stereocenters. The Hall–Kier alpha value is -0.200. The first-order chi connectivity index (χ1) is 10.7. The summed E-state index contributed by atoms with van der Waals surface area (Å²) in [4.78, 5) is 2.26. The van der Waals surface area contributed by atoms with Crippen LogP contribution in [0.1, 0.15) is 46.0 Å². The summed E-state index contributed by atoms with van der Waals surface area (Å²) in [7, 11) is 0. The lowest BCUT2D eigenvalue weighted by Gasteiger charge is -2.44. The number of hydrogen-bond acceptors (Lipinski definition) is 5. The quantitative estimate of drug-likeness (QED) is 0.775. The van der Waals surface area contributed by atoms with Crippen LogP contribution in [0.2, 0.25) is 0 Å². The smallest absolute Gasteiger partial charge is 0.176 e. The number of aliphatic hydroxyl groups is 1. The SMILES string of the molecule is CCN(CC)C1C2OCC(O2)C(NCC2CCCCC2)C1O. The minimum absolute atomic E-state index is 0.00426. The molecule has 0 aromatic heterocycles. The highest BCUT2D eigenvalue weighted by Gasteiger charge is 2.51. The normalized spacial score (nSPS) is 39.5. The molecule has 2 heterocycles. The third kappa shape index (κ3) is 3.34. The standard InChI is InChI=1S/C17H32N2O3/c1-3-19(4-2)15-16(20)14(13-11-21-17(15)22-13)18-10-12-8-6-5-7-9-12/h12-18,20H,3-11H2,1-2H3. The summed E-state index contributed by atoms with van der Waals surface area (Å²) >= 11 is 0. The number of nitrogens with zero attached hydrogens (tertiary/aromatic N) is 1. The molecule has 0 spiro atoms. The van der Waals surface area contributed by atoms with Crippen LogP contribution in [0.25, 0.3) is 0 Å². The van der Waals surface area contributed by atoms with E-state index in [-0.39, 0.29) is 24.5 Å². The van der Waals surface area contributed by atoms with Gasteiger partial charge >= 0.3 is 0 Å². The first-order valence-corrected chi connectivity index (χ1v) is 9.17. The summed E-state index contributed by atoms with van der Waals surface area (Å²) in [6.45, 7) is 7.66. The molecule has 1 aliphatic carbocycles. The molecule has 3 rings (SSSR count). The number of rotatable bonds is 6. The topological polar surface area (TPSA) is 54.0 Å². The Labute approximate surface area is 134 Å². The lowest BCUT2D eigenvalue weighted by Crippen LogP contribution is -2.64. The minimum Gasteiger partial charge on any atom is -0.390 e.